The molecule has 2 rings (SSSR count). The van der Waals surface area contributed by atoms with Gasteiger partial charge in [0.25, 0.3) is 0 Å². The number of hydrogen-bond donors (Lipinski definition) is 0. The zero-order valence-electron chi connectivity index (χ0n) is 23.6. The van der Waals surface area contributed by atoms with E-state index < -0.39 is 0 Å². The van der Waals surface area contributed by atoms with Crippen molar-refractivity contribution in [2.45, 2.75) is 104 Å². The molecule has 0 saturated carbocycles. The fourth-order valence-electron chi connectivity index (χ4n) is 3.69. The van der Waals surface area contributed by atoms with Crippen molar-refractivity contribution in [2.75, 3.05) is 13.6 Å². The van der Waals surface area contributed by atoms with Crippen LogP contribution in [0.3, 0.4) is 0 Å². The molecular weight excluding hydrogens is 456 g/mol. The molecule has 0 amide bonds. The predicted octanol–water partition coefficient (Wildman–Crippen LogP) is 10.2. The van der Waals surface area contributed by atoms with Crippen molar-refractivity contribution in [3.05, 3.63) is 96.1 Å². The van der Waals surface area contributed by atoms with E-state index in [9.17, 15) is 0 Å². The Hall–Kier alpha value is -2.20. The van der Waals surface area contributed by atoms with Gasteiger partial charge in [0, 0.05) is 0 Å². The summed E-state index contributed by atoms with van der Waals surface area (Å²) in [6.45, 7) is 6.05. The quantitative estimate of drug-likeness (QED) is 0.0953. The van der Waals surface area contributed by atoms with E-state index in [0.717, 1.165) is 11.1 Å². The van der Waals surface area contributed by atoms with Crippen LogP contribution in [0.15, 0.2) is 85.0 Å². The van der Waals surface area contributed by atoms with Crippen molar-refractivity contribution in [2.24, 2.45) is 0 Å². The minimum absolute atomic E-state index is 0.240. The van der Waals surface area contributed by atoms with Gasteiger partial charge in [0.1, 0.15) is 13.6 Å². The second-order valence-electron chi connectivity index (χ2n) is 9.30. The Labute approximate surface area is 227 Å². The van der Waals surface area contributed by atoms with Crippen molar-refractivity contribution < 1.29 is 14.2 Å². The molecule has 0 aliphatic heterocycles. The smallest absolute Gasteiger partial charge is 0.150 e. The van der Waals surface area contributed by atoms with Gasteiger partial charge in [-0.05, 0) is 49.7 Å². The van der Waals surface area contributed by atoms with Crippen molar-refractivity contribution in [1.29, 1.82) is 0 Å². The van der Waals surface area contributed by atoms with Gasteiger partial charge in [-0.1, -0.05) is 137 Å². The van der Waals surface area contributed by atoms with Gasteiger partial charge in [-0.15, -0.1) is 0 Å². The third kappa shape index (κ3) is 22.7. The van der Waals surface area contributed by atoms with Crippen LogP contribution in [0.2, 0.25) is 0 Å². The highest BCUT2D eigenvalue weighted by molar-refractivity contribution is 5.14. The SMILES string of the molecule is CC/C=C\CCCCCCCC/C=C\CCCC.c1ccc(COCOCOCc2ccccc2)cc1. The van der Waals surface area contributed by atoms with E-state index in [0.29, 0.717) is 13.2 Å². The molecule has 0 heterocycles. The average Bonchev–Trinajstić information content (AvgIpc) is 2.94. The lowest BCUT2D eigenvalue weighted by molar-refractivity contribution is -0.139. The highest BCUT2D eigenvalue weighted by Gasteiger charge is 1.94. The van der Waals surface area contributed by atoms with Crippen LogP contribution in [-0.2, 0) is 27.4 Å². The second-order valence-corrected chi connectivity index (χ2v) is 9.30. The third-order valence-electron chi connectivity index (χ3n) is 5.84. The van der Waals surface area contributed by atoms with Gasteiger partial charge in [0.2, 0.25) is 0 Å². The normalized spacial score (nSPS) is 11.2. The minimum Gasteiger partial charge on any atom is -0.351 e. The molecule has 0 aromatic heterocycles. The maximum absolute atomic E-state index is 5.37. The topological polar surface area (TPSA) is 27.7 Å². The first-order valence-corrected chi connectivity index (χ1v) is 14.5. The molecule has 0 unspecified atom stereocenters. The van der Waals surface area contributed by atoms with Gasteiger partial charge in [-0.2, -0.15) is 0 Å². The maximum atomic E-state index is 5.37. The Morgan fingerprint density at radius 2 is 0.919 bits per heavy atom. The van der Waals surface area contributed by atoms with E-state index in [1.54, 1.807) is 0 Å². The van der Waals surface area contributed by atoms with Crippen molar-refractivity contribution in [3.63, 3.8) is 0 Å². The maximum Gasteiger partial charge on any atom is 0.150 e. The molecule has 206 valence electrons. The van der Waals surface area contributed by atoms with Crippen LogP contribution in [-0.4, -0.2) is 13.6 Å². The summed E-state index contributed by atoms with van der Waals surface area (Å²) < 4.78 is 16.0. The summed E-state index contributed by atoms with van der Waals surface area (Å²) in [7, 11) is 0. The van der Waals surface area contributed by atoms with Crippen LogP contribution >= 0.6 is 0 Å². The van der Waals surface area contributed by atoms with Crippen molar-refractivity contribution in [1.82, 2.24) is 0 Å². The molecule has 0 spiro atoms. The molecule has 0 saturated heterocycles. The van der Waals surface area contributed by atoms with Crippen LogP contribution < -0.4 is 0 Å². The van der Waals surface area contributed by atoms with Crippen LogP contribution in [0.1, 0.15) is 102 Å². The van der Waals surface area contributed by atoms with E-state index in [1.807, 2.05) is 60.7 Å². The number of hydrogen-bond acceptors (Lipinski definition) is 3. The van der Waals surface area contributed by atoms with Gasteiger partial charge < -0.3 is 14.2 Å². The largest absolute Gasteiger partial charge is 0.351 e. The van der Waals surface area contributed by atoms with E-state index in [-0.39, 0.29) is 13.6 Å². The molecule has 0 N–H and O–H groups in total. The standard InChI is InChI=1S/C18H34.C16H18O3/c1-3-5-7-9-11-13-15-17-18-16-14-12-10-8-6-4-2;1-3-7-15(8-4-1)11-17-13-19-14-18-12-16-9-5-2-6-10-16/h5,7,10,12H,3-4,6,8-9,11,13-18H2,1-2H3;1-10H,11-14H2/b7-5-,12-10-;. The highest BCUT2D eigenvalue weighted by atomic mass is 16.7. The van der Waals surface area contributed by atoms with Crippen LogP contribution in [0, 0.1) is 0 Å². The summed E-state index contributed by atoms with van der Waals surface area (Å²) in [5.74, 6) is 0. The average molecular weight is 509 g/mol. The van der Waals surface area contributed by atoms with Gasteiger partial charge in [-0.25, -0.2) is 0 Å². The molecule has 0 aliphatic rings. The molecule has 2 aromatic rings. The Balaban J connectivity index is 0.000000371. The highest BCUT2D eigenvalue weighted by Crippen LogP contribution is 2.10. The minimum atomic E-state index is 0.240. The molecule has 37 heavy (non-hydrogen) atoms. The van der Waals surface area contributed by atoms with Crippen molar-refractivity contribution >= 4 is 0 Å². The van der Waals surface area contributed by atoms with E-state index in [4.69, 9.17) is 14.2 Å². The lowest BCUT2D eigenvalue weighted by Crippen LogP contribution is -2.04. The first-order chi connectivity index (χ1) is 18.4. The summed E-state index contributed by atoms with van der Waals surface area (Å²) in [4.78, 5) is 0. The number of benzene rings is 2. The lowest BCUT2D eigenvalue weighted by atomic mass is 10.1. The molecule has 2 aromatic carbocycles. The van der Waals surface area contributed by atoms with E-state index in [2.05, 4.69) is 38.2 Å². The fraction of sp³-hybridized carbons (Fsp3) is 0.529. The summed E-state index contributed by atoms with van der Waals surface area (Å²) in [5.41, 5.74) is 2.27. The van der Waals surface area contributed by atoms with Gasteiger partial charge in [-0.3, -0.25) is 0 Å². The molecule has 0 aliphatic carbocycles. The molecule has 0 atom stereocenters. The van der Waals surface area contributed by atoms with Crippen molar-refractivity contribution in [3.8, 4) is 0 Å². The number of allylic oxidation sites excluding steroid dienone is 4. The number of ether oxygens (including phenoxy) is 3. The first kappa shape index (κ1) is 32.8. The lowest BCUT2D eigenvalue weighted by Gasteiger charge is -2.07. The molecule has 0 fully saturated rings. The van der Waals surface area contributed by atoms with E-state index in [1.165, 1.54) is 77.0 Å². The Morgan fingerprint density at radius 3 is 1.38 bits per heavy atom. The zero-order valence-corrected chi connectivity index (χ0v) is 23.6. The van der Waals surface area contributed by atoms with E-state index >= 15 is 0 Å². The van der Waals surface area contributed by atoms with Gasteiger partial charge in [0.05, 0.1) is 13.2 Å². The molecule has 3 heteroatoms. The fourth-order valence-corrected chi connectivity index (χ4v) is 3.69. The van der Waals surface area contributed by atoms with Crippen LogP contribution in [0.5, 0.6) is 0 Å². The zero-order chi connectivity index (χ0) is 26.5. The summed E-state index contributed by atoms with van der Waals surface area (Å²) in [6, 6.07) is 20.0. The van der Waals surface area contributed by atoms with Gasteiger partial charge >= 0.3 is 0 Å². The molecule has 0 bridgehead atoms. The molecule has 0 radical (unpaired) electrons. The Morgan fingerprint density at radius 1 is 0.486 bits per heavy atom. The third-order valence-corrected chi connectivity index (χ3v) is 5.84. The first-order valence-electron chi connectivity index (χ1n) is 14.5. The number of rotatable bonds is 21. The van der Waals surface area contributed by atoms with Crippen LogP contribution in [0.4, 0.5) is 0 Å². The molecular formula is C34H52O3. The van der Waals surface area contributed by atoms with Crippen LogP contribution in [0.25, 0.3) is 0 Å². The molecule has 3 nitrogen and oxygen atoms in total. The predicted molar refractivity (Wildman–Crippen MR) is 158 cm³/mol. The van der Waals surface area contributed by atoms with Gasteiger partial charge in [0.15, 0.2) is 0 Å². The summed E-state index contributed by atoms with van der Waals surface area (Å²) in [5, 5.41) is 0. The summed E-state index contributed by atoms with van der Waals surface area (Å²) in [6.07, 6.45) is 25.5. The monoisotopic (exact) mass is 508 g/mol. The summed E-state index contributed by atoms with van der Waals surface area (Å²) >= 11 is 0. The Bertz CT molecular complexity index is 712. The number of unbranched alkanes of at least 4 members (excludes halogenated alkanes) is 9. The second kappa shape index (κ2) is 26.9. The Kier molecular flexibility index (Phi) is 23.8.